The van der Waals surface area contributed by atoms with Crippen LogP contribution in [0.15, 0.2) is 53.7 Å². The van der Waals surface area contributed by atoms with Crippen LogP contribution in [0.3, 0.4) is 0 Å². The zero-order chi connectivity index (χ0) is 20.9. The summed E-state index contributed by atoms with van der Waals surface area (Å²) < 4.78 is 33.3. The standard InChI is InChI=1S/C21H26N2O5S/c1-28-18-7-9-19(10-8-18)29(26,27)23(15-16-11-13-22-14-12-16)20(21(24)25)17-5-3-2-4-6-17/h7-14,17,20H,2-6,15H2,1H3,(H,24,25). The minimum absolute atomic E-state index is 0.0235. The summed E-state index contributed by atoms with van der Waals surface area (Å²) >= 11 is 0. The number of hydrogen-bond acceptors (Lipinski definition) is 5. The third-order valence-electron chi connectivity index (χ3n) is 5.41. The Morgan fingerprint density at radius 1 is 1.14 bits per heavy atom. The summed E-state index contributed by atoms with van der Waals surface area (Å²) in [4.78, 5) is 16.3. The molecule has 7 nitrogen and oxygen atoms in total. The van der Waals surface area contributed by atoms with E-state index in [0.29, 0.717) is 24.2 Å². The molecule has 1 aromatic carbocycles. The molecule has 1 atom stereocenters. The van der Waals surface area contributed by atoms with Crippen LogP contribution in [0.2, 0.25) is 0 Å². The highest BCUT2D eigenvalue weighted by molar-refractivity contribution is 7.89. The molecule has 29 heavy (non-hydrogen) atoms. The summed E-state index contributed by atoms with van der Waals surface area (Å²) in [5.41, 5.74) is 0.694. The molecule has 1 N–H and O–H groups in total. The van der Waals surface area contributed by atoms with Crippen molar-refractivity contribution in [3.8, 4) is 5.75 Å². The summed E-state index contributed by atoms with van der Waals surface area (Å²) in [5, 5.41) is 10.0. The topological polar surface area (TPSA) is 96.8 Å². The summed E-state index contributed by atoms with van der Waals surface area (Å²) in [5.74, 6) is -0.786. The number of pyridine rings is 1. The van der Waals surface area contributed by atoms with Crippen LogP contribution in [-0.4, -0.2) is 41.9 Å². The molecule has 1 aliphatic carbocycles. The van der Waals surface area contributed by atoms with Gasteiger partial charge in [0.2, 0.25) is 10.0 Å². The van der Waals surface area contributed by atoms with E-state index in [-0.39, 0.29) is 17.4 Å². The zero-order valence-corrected chi connectivity index (χ0v) is 17.2. The number of carboxylic acids is 1. The van der Waals surface area contributed by atoms with E-state index < -0.39 is 22.0 Å². The SMILES string of the molecule is COc1ccc(S(=O)(=O)N(Cc2ccncc2)C(C(=O)O)C2CCCCC2)cc1. The van der Waals surface area contributed by atoms with Gasteiger partial charge in [-0.3, -0.25) is 9.78 Å². The van der Waals surface area contributed by atoms with Crippen LogP contribution in [0.4, 0.5) is 0 Å². The highest BCUT2D eigenvalue weighted by atomic mass is 32.2. The number of hydrogen-bond donors (Lipinski definition) is 1. The summed E-state index contributed by atoms with van der Waals surface area (Å²) in [6, 6.07) is 8.32. The Hall–Kier alpha value is -2.45. The molecule has 0 radical (unpaired) electrons. The Balaban J connectivity index is 2.03. The summed E-state index contributed by atoms with van der Waals surface area (Å²) in [7, 11) is -2.54. The Morgan fingerprint density at radius 2 is 1.76 bits per heavy atom. The maximum atomic E-state index is 13.5. The van der Waals surface area contributed by atoms with Crippen molar-refractivity contribution in [3.05, 3.63) is 54.4 Å². The number of aromatic nitrogens is 1. The van der Waals surface area contributed by atoms with Gasteiger partial charge in [-0.25, -0.2) is 8.42 Å². The van der Waals surface area contributed by atoms with Gasteiger partial charge in [-0.15, -0.1) is 0 Å². The molecule has 0 bridgehead atoms. The maximum Gasteiger partial charge on any atom is 0.322 e. The summed E-state index contributed by atoms with van der Waals surface area (Å²) in [6.45, 7) is -0.0235. The van der Waals surface area contributed by atoms with Gasteiger partial charge in [0.25, 0.3) is 0 Å². The lowest BCUT2D eigenvalue weighted by Gasteiger charge is -2.35. The molecule has 0 amide bonds. The van der Waals surface area contributed by atoms with Crippen LogP contribution >= 0.6 is 0 Å². The van der Waals surface area contributed by atoms with Crippen molar-refractivity contribution in [1.82, 2.24) is 9.29 Å². The van der Waals surface area contributed by atoms with Gasteiger partial charge >= 0.3 is 5.97 Å². The summed E-state index contributed by atoms with van der Waals surface area (Å²) in [6.07, 6.45) is 7.45. The van der Waals surface area contributed by atoms with Crippen molar-refractivity contribution >= 4 is 16.0 Å². The second kappa shape index (κ2) is 9.37. The van der Waals surface area contributed by atoms with Gasteiger partial charge < -0.3 is 9.84 Å². The largest absolute Gasteiger partial charge is 0.497 e. The molecule has 2 aromatic rings. The first-order valence-corrected chi connectivity index (χ1v) is 11.1. The molecule has 1 aromatic heterocycles. The molecule has 1 fully saturated rings. The molecule has 0 saturated heterocycles. The number of carboxylic acid groups (broad SMARTS) is 1. The lowest BCUT2D eigenvalue weighted by atomic mass is 9.84. The van der Waals surface area contributed by atoms with Gasteiger partial charge in [-0.1, -0.05) is 19.3 Å². The number of sulfonamides is 1. The molecule has 156 valence electrons. The van der Waals surface area contributed by atoms with E-state index >= 15 is 0 Å². The average Bonchev–Trinajstić information content (AvgIpc) is 2.74. The molecule has 8 heteroatoms. The second-order valence-electron chi connectivity index (χ2n) is 7.26. The van der Waals surface area contributed by atoms with Crippen molar-refractivity contribution in [2.75, 3.05) is 7.11 Å². The predicted octanol–water partition coefficient (Wildman–Crippen LogP) is 3.31. The lowest BCUT2D eigenvalue weighted by Crippen LogP contribution is -2.49. The van der Waals surface area contributed by atoms with Crippen molar-refractivity contribution in [2.24, 2.45) is 5.92 Å². The van der Waals surface area contributed by atoms with Gasteiger partial charge in [-0.05, 0) is 60.7 Å². The smallest absolute Gasteiger partial charge is 0.322 e. The number of aliphatic carboxylic acids is 1. The fourth-order valence-corrected chi connectivity index (χ4v) is 5.53. The first kappa shape index (κ1) is 21.3. The van der Waals surface area contributed by atoms with Crippen LogP contribution in [0.5, 0.6) is 5.75 Å². The van der Waals surface area contributed by atoms with Gasteiger partial charge in [0.1, 0.15) is 11.8 Å². The number of rotatable bonds is 8. The van der Waals surface area contributed by atoms with Crippen LogP contribution in [-0.2, 0) is 21.4 Å². The van der Waals surface area contributed by atoms with Crippen molar-refractivity contribution in [2.45, 2.75) is 49.6 Å². The zero-order valence-electron chi connectivity index (χ0n) is 16.4. The molecule has 1 heterocycles. The fourth-order valence-electron chi connectivity index (χ4n) is 3.89. The van der Waals surface area contributed by atoms with E-state index in [1.165, 1.54) is 19.2 Å². The molecule has 3 rings (SSSR count). The predicted molar refractivity (Wildman–Crippen MR) is 108 cm³/mol. The minimum Gasteiger partial charge on any atom is -0.497 e. The minimum atomic E-state index is -4.04. The quantitative estimate of drug-likeness (QED) is 0.706. The van der Waals surface area contributed by atoms with E-state index in [9.17, 15) is 18.3 Å². The van der Waals surface area contributed by atoms with Crippen LogP contribution in [0.1, 0.15) is 37.7 Å². The molecule has 0 aliphatic heterocycles. The molecule has 0 spiro atoms. The fraction of sp³-hybridized carbons (Fsp3) is 0.429. The van der Waals surface area contributed by atoms with E-state index in [4.69, 9.17) is 4.74 Å². The van der Waals surface area contributed by atoms with Crippen LogP contribution < -0.4 is 4.74 Å². The van der Waals surface area contributed by atoms with Gasteiger partial charge in [0, 0.05) is 18.9 Å². The van der Waals surface area contributed by atoms with E-state index in [0.717, 1.165) is 23.6 Å². The Labute approximate surface area is 171 Å². The molecule has 1 aliphatic rings. The van der Waals surface area contributed by atoms with E-state index in [1.807, 2.05) is 0 Å². The Morgan fingerprint density at radius 3 is 2.31 bits per heavy atom. The highest BCUT2D eigenvalue weighted by Crippen LogP contribution is 2.33. The normalized spacial score (nSPS) is 16.5. The number of benzene rings is 1. The average molecular weight is 419 g/mol. The highest BCUT2D eigenvalue weighted by Gasteiger charge is 2.41. The van der Waals surface area contributed by atoms with E-state index in [1.54, 1.807) is 36.7 Å². The van der Waals surface area contributed by atoms with Gasteiger partial charge in [0.05, 0.1) is 12.0 Å². The van der Waals surface area contributed by atoms with Gasteiger partial charge in [-0.2, -0.15) is 4.31 Å². The van der Waals surface area contributed by atoms with Crippen LogP contribution in [0, 0.1) is 5.92 Å². The Bertz CT molecular complexity index is 910. The van der Waals surface area contributed by atoms with Crippen molar-refractivity contribution in [1.29, 1.82) is 0 Å². The van der Waals surface area contributed by atoms with Gasteiger partial charge in [0.15, 0.2) is 0 Å². The first-order valence-electron chi connectivity index (χ1n) is 9.71. The molecule has 1 unspecified atom stereocenters. The van der Waals surface area contributed by atoms with Crippen molar-refractivity contribution < 1.29 is 23.1 Å². The Kier molecular flexibility index (Phi) is 6.87. The first-order chi connectivity index (χ1) is 13.9. The molecular formula is C21H26N2O5S. The van der Waals surface area contributed by atoms with E-state index in [2.05, 4.69) is 4.98 Å². The molecule has 1 saturated carbocycles. The van der Waals surface area contributed by atoms with Crippen molar-refractivity contribution in [3.63, 3.8) is 0 Å². The number of ether oxygens (including phenoxy) is 1. The third-order valence-corrected chi connectivity index (χ3v) is 7.25. The lowest BCUT2D eigenvalue weighted by molar-refractivity contribution is -0.144. The monoisotopic (exact) mass is 418 g/mol. The van der Waals surface area contributed by atoms with Crippen LogP contribution in [0.25, 0.3) is 0 Å². The number of nitrogens with zero attached hydrogens (tertiary/aromatic N) is 2. The third kappa shape index (κ3) is 4.94. The second-order valence-corrected chi connectivity index (χ2v) is 9.15. The maximum absolute atomic E-state index is 13.5. The number of carbonyl (C=O) groups is 1. The number of methoxy groups -OCH3 is 1. The molecular weight excluding hydrogens is 392 g/mol.